The smallest absolute Gasteiger partial charge is 0.251 e. The summed E-state index contributed by atoms with van der Waals surface area (Å²) < 4.78 is 0. The summed E-state index contributed by atoms with van der Waals surface area (Å²) >= 11 is 9.53. The summed E-state index contributed by atoms with van der Waals surface area (Å²) in [5.41, 5.74) is 0.633. The molecule has 2 rings (SSSR count). The maximum absolute atomic E-state index is 11.9. The van der Waals surface area contributed by atoms with Gasteiger partial charge in [-0.15, -0.1) is 0 Å². The molecule has 0 aromatic heterocycles. The first-order chi connectivity index (χ1) is 8.65. The van der Waals surface area contributed by atoms with Gasteiger partial charge in [0.05, 0.1) is 0 Å². The standard InChI is InChI=1S/C14H17BrClNO/c15-12-5-1-3-10(7-12)9-17-14(18)11-4-2-6-13(16)8-11/h2,4,6,8,10,12H,1,3,5,7,9H2,(H,17,18). The fourth-order valence-electron chi connectivity index (χ4n) is 2.38. The van der Waals surface area contributed by atoms with Crippen molar-refractivity contribution in [2.75, 3.05) is 6.54 Å². The molecule has 1 N–H and O–H groups in total. The van der Waals surface area contributed by atoms with Gasteiger partial charge >= 0.3 is 0 Å². The molecule has 2 unspecified atom stereocenters. The minimum Gasteiger partial charge on any atom is -0.352 e. The van der Waals surface area contributed by atoms with Gasteiger partial charge in [0.15, 0.2) is 0 Å². The highest BCUT2D eigenvalue weighted by Gasteiger charge is 2.20. The van der Waals surface area contributed by atoms with Crippen molar-refractivity contribution in [1.29, 1.82) is 0 Å². The number of benzene rings is 1. The lowest BCUT2D eigenvalue weighted by molar-refractivity contribution is 0.0944. The number of alkyl halides is 1. The molecule has 0 aliphatic heterocycles. The Bertz CT molecular complexity index is 424. The fourth-order valence-corrected chi connectivity index (χ4v) is 3.42. The Morgan fingerprint density at radius 3 is 3.00 bits per heavy atom. The number of carbonyl (C=O) groups excluding carboxylic acids is 1. The summed E-state index contributed by atoms with van der Waals surface area (Å²) in [6.45, 7) is 0.757. The number of halogens is 2. The van der Waals surface area contributed by atoms with Crippen LogP contribution in [0, 0.1) is 5.92 Å². The molecule has 0 saturated heterocycles. The Hall–Kier alpha value is -0.540. The molecule has 98 valence electrons. The fraction of sp³-hybridized carbons (Fsp3) is 0.500. The van der Waals surface area contributed by atoms with E-state index < -0.39 is 0 Å². The van der Waals surface area contributed by atoms with Crippen LogP contribution in [0.2, 0.25) is 5.02 Å². The minimum absolute atomic E-state index is 0.0332. The molecule has 0 heterocycles. The maximum Gasteiger partial charge on any atom is 0.251 e. The summed E-state index contributed by atoms with van der Waals surface area (Å²) in [6.07, 6.45) is 4.85. The summed E-state index contributed by atoms with van der Waals surface area (Å²) in [5.74, 6) is 0.556. The van der Waals surface area contributed by atoms with E-state index >= 15 is 0 Å². The number of hydrogen-bond donors (Lipinski definition) is 1. The van der Waals surface area contributed by atoms with Crippen molar-refractivity contribution in [1.82, 2.24) is 5.32 Å². The predicted molar refractivity (Wildman–Crippen MR) is 78.5 cm³/mol. The zero-order valence-corrected chi connectivity index (χ0v) is 12.5. The Morgan fingerprint density at radius 2 is 2.28 bits per heavy atom. The normalized spacial score (nSPS) is 23.7. The highest BCUT2D eigenvalue weighted by molar-refractivity contribution is 9.09. The van der Waals surface area contributed by atoms with Gasteiger partial charge in [-0.05, 0) is 43.4 Å². The van der Waals surface area contributed by atoms with Gasteiger partial charge in [0.2, 0.25) is 0 Å². The van der Waals surface area contributed by atoms with Crippen LogP contribution >= 0.6 is 27.5 Å². The van der Waals surface area contributed by atoms with E-state index in [-0.39, 0.29) is 5.91 Å². The third-order valence-corrected chi connectivity index (χ3v) is 4.42. The van der Waals surface area contributed by atoms with Crippen molar-refractivity contribution >= 4 is 33.4 Å². The summed E-state index contributed by atoms with van der Waals surface area (Å²) in [4.78, 5) is 12.6. The number of nitrogens with one attached hydrogen (secondary N) is 1. The van der Waals surface area contributed by atoms with E-state index in [1.165, 1.54) is 19.3 Å². The Labute approximate surface area is 121 Å². The average Bonchev–Trinajstić information content (AvgIpc) is 2.36. The molecule has 0 radical (unpaired) electrons. The van der Waals surface area contributed by atoms with Crippen molar-refractivity contribution in [3.63, 3.8) is 0 Å². The zero-order chi connectivity index (χ0) is 13.0. The largest absolute Gasteiger partial charge is 0.352 e. The second-order valence-corrected chi connectivity index (χ2v) is 6.58. The van der Waals surface area contributed by atoms with Crippen molar-refractivity contribution in [2.45, 2.75) is 30.5 Å². The second-order valence-electron chi connectivity index (χ2n) is 4.85. The van der Waals surface area contributed by atoms with Gasteiger partial charge in [0.1, 0.15) is 0 Å². The van der Waals surface area contributed by atoms with Gasteiger partial charge in [0.25, 0.3) is 5.91 Å². The van der Waals surface area contributed by atoms with Gasteiger partial charge in [-0.3, -0.25) is 4.79 Å². The topological polar surface area (TPSA) is 29.1 Å². The van der Waals surface area contributed by atoms with Crippen LogP contribution in [-0.4, -0.2) is 17.3 Å². The van der Waals surface area contributed by atoms with E-state index in [0.29, 0.717) is 21.3 Å². The van der Waals surface area contributed by atoms with Gasteiger partial charge in [-0.25, -0.2) is 0 Å². The van der Waals surface area contributed by atoms with Crippen molar-refractivity contribution in [2.24, 2.45) is 5.92 Å². The van der Waals surface area contributed by atoms with Crippen LogP contribution in [0.15, 0.2) is 24.3 Å². The number of carbonyl (C=O) groups is 1. The van der Waals surface area contributed by atoms with Crippen LogP contribution in [0.25, 0.3) is 0 Å². The molecule has 1 aromatic carbocycles. The third-order valence-electron chi connectivity index (χ3n) is 3.36. The first-order valence-electron chi connectivity index (χ1n) is 6.33. The molecule has 2 nitrogen and oxygen atoms in total. The maximum atomic E-state index is 11.9. The average molecular weight is 331 g/mol. The number of rotatable bonds is 3. The molecule has 0 spiro atoms. The lowest BCUT2D eigenvalue weighted by atomic mass is 9.89. The van der Waals surface area contributed by atoms with E-state index in [4.69, 9.17) is 11.6 Å². The van der Waals surface area contributed by atoms with Crippen molar-refractivity contribution in [3.8, 4) is 0 Å². The highest BCUT2D eigenvalue weighted by atomic mass is 79.9. The van der Waals surface area contributed by atoms with Crippen LogP contribution in [0.5, 0.6) is 0 Å². The van der Waals surface area contributed by atoms with E-state index in [2.05, 4.69) is 21.2 Å². The second kappa shape index (κ2) is 6.58. The van der Waals surface area contributed by atoms with E-state index in [0.717, 1.165) is 13.0 Å². The minimum atomic E-state index is -0.0332. The van der Waals surface area contributed by atoms with E-state index in [1.807, 2.05) is 0 Å². The number of amides is 1. The zero-order valence-electron chi connectivity index (χ0n) is 10.2. The van der Waals surface area contributed by atoms with Crippen LogP contribution in [0.1, 0.15) is 36.0 Å². The molecule has 0 bridgehead atoms. The SMILES string of the molecule is O=C(NCC1CCCC(Br)C1)c1cccc(Cl)c1. The molecule has 1 amide bonds. The highest BCUT2D eigenvalue weighted by Crippen LogP contribution is 2.28. The quantitative estimate of drug-likeness (QED) is 0.833. The molecular formula is C14H17BrClNO. The van der Waals surface area contributed by atoms with E-state index in [1.54, 1.807) is 24.3 Å². The summed E-state index contributed by atoms with van der Waals surface area (Å²) in [7, 11) is 0. The molecule has 1 fully saturated rings. The molecular weight excluding hydrogens is 314 g/mol. The van der Waals surface area contributed by atoms with Gasteiger partial charge in [-0.1, -0.05) is 40.0 Å². The van der Waals surface area contributed by atoms with Gasteiger partial charge < -0.3 is 5.32 Å². The molecule has 1 aliphatic rings. The molecule has 1 aliphatic carbocycles. The van der Waals surface area contributed by atoms with E-state index in [9.17, 15) is 4.79 Å². The first-order valence-corrected chi connectivity index (χ1v) is 7.62. The monoisotopic (exact) mass is 329 g/mol. The van der Waals surface area contributed by atoms with Crippen LogP contribution in [0.4, 0.5) is 0 Å². The van der Waals surface area contributed by atoms with Crippen LogP contribution in [-0.2, 0) is 0 Å². The predicted octanol–water partition coefficient (Wildman–Crippen LogP) is 4.02. The summed E-state index contributed by atoms with van der Waals surface area (Å²) in [6, 6.07) is 7.06. The Balaban J connectivity index is 1.84. The molecule has 2 atom stereocenters. The van der Waals surface area contributed by atoms with Gasteiger partial charge in [-0.2, -0.15) is 0 Å². The third kappa shape index (κ3) is 3.99. The number of hydrogen-bond acceptors (Lipinski definition) is 1. The van der Waals surface area contributed by atoms with Gasteiger partial charge in [0, 0.05) is 22.0 Å². The molecule has 1 saturated carbocycles. The Kier molecular flexibility index (Phi) is 5.07. The molecule has 18 heavy (non-hydrogen) atoms. The van der Waals surface area contributed by atoms with Crippen molar-refractivity contribution in [3.05, 3.63) is 34.9 Å². The molecule has 4 heteroatoms. The summed E-state index contributed by atoms with van der Waals surface area (Å²) in [5, 5.41) is 3.60. The van der Waals surface area contributed by atoms with Crippen molar-refractivity contribution < 1.29 is 4.79 Å². The Morgan fingerprint density at radius 1 is 1.44 bits per heavy atom. The molecule has 1 aromatic rings. The lowest BCUT2D eigenvalue weighted by Crippen LogP contribution is -2.31. The lowest BCUT2D eigenvalue weighted by Gasteiger charge is -2.25. The first kappa shape index (κ1) is 13.9. The van der Waals surface area contributed by atoms with Crippen LogP contribution in [0.3, 0.4) is 0 Å². The van der Waals surface area contributed by atoms with Crippen LogP contribution < -0.4 is 5.32 Å².